The van der Waals surface area contributed by atoms with E-state index in [2.05, 4.69) is 15.3 Å². The van der Waals surface area contributed by atoms with Crippen molar-refractivity contribution in [3.63, 3.8) is 0 Å². The molecule has 2 aliphatic heterocycles. The molecule has 10 heteroatoms. The van der Waals surface area contributed by atoms with Crippen LogP contribution in [0.4, 0.5) is 19.1 Å². The fourth-order valence-electron chi connectivity index (χ4n) is 2.69. The number of hydrogen-bond acceptors (Lipinski definition) is 6. The lowest BCUT2D eigenvalue weighted by atomic mass is 10.2. The minimum Gasteiger partial charge on any atom is -0.366 e. The first kappa shape index (κ1) is 16.9. The molecule has 2 saturated heterocycles. The van der Waals surface area contributed by atoms with Gasteiger partial charge in [0.2, 0.25) is 5.95 Å². The van der Waals surface area contributed by atoms with Gasteiger partial charge in [-0.2, -0.15) is 13.2 Å². The molecule has 132 valence electrons. The van der Waals surface area contributed by atoms with Gasteiger partial charge >= 0.3 is 6.18 Å². The van der Waals surface area contributed by atoms with Gasteiger partial charge in [-0.3, -0.25) is 4.79 Å². The maximum atomic E-state index is 12.5. The third-order valence-corrected chi connectivity index (χ3v) is 4.04. The number of piperazine rings is 1. The molecule has 3 rings (SSSR count). The van der Waals surface area contributed by atoms with Crippen molar-refractivity contribution in [2.45, 2.75) is 12.3 Å². The fraction of sp³-hybridized carbons (Fsp3) is 0.643. The van der Waals surface area contributed by atoms with E-state index in [-0.39, 0.29) is 11.9 Å². The van der Waals surface area contributed by atoms with Crippen molar-refractivity contribution < 1.29 is 22.7 Å². The highest BCUT2D eigenvalue weighted by Gasteiger charge is 2.32. The molecule has 24 heavy (non-hydrogen) atoms. The lowest BCUT2D eigenvalue weighted by molar-refractivity contribution is -0.145. The molecular formula is C14H18F3N5O2. The van der Waals surface area contributed by atoms with Crippen molar-refractivity contribution in [1.29, 1.82) is 0 Å². The molecule has 1 N–H and O–H groups in total. The summed E-state index contributed by atoms with van der Waals surface area (Å²) in [4.78, 5) is 23.4. The van der Waals surface area contributed by atoms with Crippen LogP contribution in [0.1, 0.15) is 5.56 Å². The van der Waals surface area contributed by atoms with Gasteiger partial charge in [0.05, 0.1) is 12.2 Å². The maximum Gasteiger partial charge on any atom is 0.419 e. The van der Waals surface area contributed by atoms with E-state index in [0.717, 1.165) is 18.9 Å². The van der Waals surface area contributed by atoms with E-state index in [4.69, 9.17) is 4.74 Å². The maximum absolute atomic E-state index is 12.5. The molecule has 0 aromatic carbocycles. The number of halogens is 3. The van der Waals surface area contributed by atoms with Crippen molar-refractivity contribution in [2.24, 2.45) is 0 Å². The van der Waals surface area contributed by atoms with Crippen molar-refractivity contribution in [1.82, 2.24) is 20.2 Å². The number of anilines is 1. The molecule has 2 aliphatic rings. The molecule has 7 nitrogen and oxygen atoms in total. The highest BCUT2D eigenvalue weighted by molar-refractivity contribution is 5.81. The predicted molar refractivity (Wildman–Crippen MR) is 78.4 cm³/mol. The summed E-state index contributed by atoms with van der Waals surface area (Å²) in [5, 5.41) is 3.11. The van der Waals surface area contributed by atoms with E-state index < -0.39 is 17.8 Å². The molecule has 0 saturated carbocycles. The number of alkyl halides is 3. The number of hydrogen-bond donors (Lipinski definition) is 1. The monoisotopic (exact) mass is 345 g/mol. The summed E-state index contributed by atoms with van der Waals surface area (Å²) in [5.41, 5.74) is -0.873. The van der Waals surface area contributed by atoms with Crippen molar-refractivity contribution in [3.8, 4) is 0 Å². The first-order valence-corrected chi connectivity index (χ1v) is 7.70. The second-order valence-corrected chi connectivity index (χ2v) is 5.65. The Kier molecular flexibility index (Phi) is 4.86. The van der Waals surface area contributed by atoms with E-state index in [9.17, 15) is 18.0 Å². The highest BCUT2D eigenvalue weighted by atomic mass is 19.4. The van der Waals surface area contributed by atoms with Crippen LogP contribution in [0.3, 0.4) is 0 Å². The van der Waals surface area contributed by atoms with E-state index in [1.165, 1.54) is 0 Å². The molecule has 1 aromatic rings. The lowest BCUT2D eigenvalue weighted by Gasteiger charge is -2.37. The van der Waals surface area contributed by atoms with Gasteiger partial charge in [0.25, 0.3) is 5.91 Å². The van der Waals surface area contributed by atoms with Crippen LogP contribution in [-0.2, 0) is 15.7 Å². The van der Waals surface area contributed by atoms with Crippen LogP contribution in [-0.4, -0.2) is 72.8 Å². The normalized spacial score (nSPS) is 22.5. The minimum absolute atomic E-state index is 0.0600. The Labute approximate surface area is 136 Å². The van der Waals surface area contributed by atoms with Gasteiger partial charge in [-0.25, -0.2) is 9.97 Å². The van der Waals surface area contributed by atoms with Gasteiger partial charge in [-0.15, -0.1) is 0 Å². The summed E-state index contributed by atoms with van der Waals surface area (Å²) in [5.74, 6) is 0.181. The zero-order chi connectivity index (χ0) is 17.2. The molecule has 0 bridgehead atoms. The standard InChI is InChI=1S/C14H18F3N5O2/c15-14(16,17)10-7-19-13(20-8-10)22-4-2-21(3-5-22)12(23)11-9-18-1-6-24-11/h7-8,11,18H,1-6,9H2. The van der Waals surface area contributed by atoms with Crippen LogP contribution in [0.5, 0.6) is 0 Å². The Morgan fingerprint density at radius 2 is 1.88 bits per heavy atom. The lowest BCUT2D eigenvalue weighted by Crippen LogP contribution is -2.55. The quantitative estimate of drug-likeness (QED) is 0.822. The topological polar surface area (TPSA) is 70.6 Å². The molecule has 0 radical (unpaired) electrons. The number of morpholine rings is 1. The summed E-state index contributed by atoms with van der Waals surface area (Å²) in [6, 6.07) is 0. The Hall–Kier alpha value is -1.94. The number of nitrogens with zero attached hydrogens (tertiary/aromatic N) is 4. The first-order chi connectivity index (χ1) is 11.4. The number of nitrogens with one attached hydrogen (secondary N) is 1. The summed E-state index contributed by atoms with van der Waals surface area (Å²) in [6.07, 6.45) is -3.35. The summed E-state index contributed by atoms with van der Waals surface area (Å²) < 4.78 is 43.0. The summed E-state index contributed by atoms with van der Waals surface area (Å²) in [7, 11) is 0. The van der Waals surface area contributed by atoms with Gasteiger partial charge in [0.15, 0.2) is 0 Å². The van der Waals surface area contributed by atoms with Crippen LogP contribution in [0.2, 0.25) is 0 Å². The Balaban J connectivity index is 1.55. The van der Waals surface area contributed by atoms with E-state index in [0.29, 0.717) is 39.3 Å². The fourth-order valence-corrected chi connectivity index (χ4v) is 2.69. The van der Waals surface area contributed by atoms with Crippen LogP contribution in [0, 0.1) is 0 Å². The number of carbonyl (C=O) groups excluding carboxylic acids is 1. The van der Waals surface area contributed by atoms with Gasteiger partial charge < -0.3 is 19.9 Å². The highest BCUT2D eigenvalue weighted by Crippen LogP contribution is 2.28. The zero-order valence-corrected chi connectivity index (χ0v) is 12.9. The van der Waals surface area contributed by atoms with Crippen LogP contribution < -0.4 is 10.2 Å². The number of ether oxygens (including phenoxy) is 1. The van der Waals surface area contributed by atoms with E-state index in [1.807, 2.05) is 0 Å². The molecule has 2 fully saturated rings. The Morgan fingerprint density at radius 1 is 1.21 bits per heavy atom. The molecular weight excluding hydrogens is 327 g/mol. The number of carbonyl (C=O) groups is 1. The third kappa shape index (κ3) is 3.75. The average Bonchev–Trinajstić information content (AvgIpc) is 2.61. The van der Waals surface area contributed by atoms with Gasteiger partial charge in [0, 0.05) is 51.7 Å². The van der Waals surface area contributed by atoms with Gasteiger partial charge in [-0.1, -0.05) is 0 Å². The van der Waals surface area contributed by atoms with E-state index >= 15 is 0 Å². The second-order valence-electron chi connectivity index (χ2n) is 5.65. The number of rotatable bonds is 2. The SMILES string of the molecule is O=C(C1CNCCO1)N1CCN(c2ncc(C(F)(F)F)cn2)CC1. The van der Waals surface area contributed by atoms with Crippen LogP contribution in [0.15, 0.2) is 12.4 Å². The molecule has 1 amide bonds. The first-order valence-electron chi connectivity index (χ1n) is 7.70. The molecule has 3 heterocycles. The molecule has 1 aromatic heterocycles. The van der Waals surface area contributed by atoms with Crippen molar-refractivity contribution in [3.05, 3.63) is 18.0 Å². The average molecular weight is 345 g/mol. The zero-order valence-electron chi connectivity index (χ0n) is 12.9. The van der Waals surface area contributed by atoms with E-state index in [1.54, 1.807) is 9.80 Å². The second kappa shape index (κ2) is 6.89. The Morgan fingerprint density at radius 3 is 2.42 bits per heavy atom. The van der Waals surface area contributed by atoms with Crippen LogP contribution >= 0.6 is 0 Å². The number of amides is 1. The van der Waals surface area contributed by atoms with Crippen LogP contribution in [0.25, 0.3) is 0 Å². The minimum atomic E-state index is -4.45. The summed E-state index contributed by atoms with van der Waals surface area (Å²) >= 11 is 0. The van der Waals surface area contributed by atoms with Crippen molar-refractivity contribution >= 4 is 11.9 Å². The number of aromatic nitrogens is 2. The largest absolute Gasteiger partial charge is 0.419 e. The Bertz CT molecular complexity index is 567. The third-order valence-electron chi connectivity index (χ3n) is 4.04. The summed E-state index contributed by atoms with van der Waals surface area (Å²) in [6.45, 7) is 3.61. The van der Waals surface area contributed by atoms with Gasteiger partial charge in [0.1, 0.15) is 6.10 Å². The van der Waals surface area contributed by atoms with Crippen molar-refractivity contribution in [2.75, 3.05) is 50.8 Å². The molecule has 0 spiro atoms. The smallest absolute Gasteiger partial charge is 0.366 e. The molecule has 1 unspecified atom stereocenters. The molecule has 0 aliphatic carbocycles. The predicted octanol–water partition coefficient (Wildman–Crippen LogP) is 0.132. The molecule has 1 atom stereocenters. The van der Waals surface area contributed by atoms with Gasteiger partial charge in [-0.05, 0) is 0 Å².